The Morgan fingerprint density at radius 1 is 0.821 bits per heavy atom. The zero-order valence-electron chi connectivity index (χ0n) is 18.6. The topological polar surface area (TPSA) is 23.8 Å². The Morgan fingerprint density at radius 2 is 1.43 bits per heavy atom. The van der Waals surface area contributed by atoms with Gasteiger partial charge in [-0.15, -0.1) is 0 Å². The Labute approximate surface area is 174 Å². The highest BCUT2D eigenvalue weighted by atomic mass is 14.4. The van der Waals surface area contributed by atoms with Crippen LogP contribution in [0.25, 0.3) is 0 Å². The number of unbranched alkanes of at least 4 members (excludes halogenated alkanes) is 6. The number of hydrogen-bond acceptors (Lipinski definition) is 1. The third-order valence-electron chi connectivity index (χ3n) is 6.89. The first-order valence-corrected chi connectivity index (χ1v) is 12.2. The molecule has 0 amide bonds. The molecule has 0 radical (unpaired) electrons. The number of hydrogen-bond donors (Lipinski definition) is 0. The molecule has 1 unspecified atom stereocenters. The highest BCUT2D eigenvalue weighted by molar-refractivity contribution is 5.24. The molecule has 1 heteroatoms. The van der Waals surface area contributed by atoms with Gasteiger partial charge in [0.15, 0.2) is 0 Å². The van der Waals surface area contributed by atoms with Crippen LogP contribution in [-0.4, -0.2) is 0 Å². The van der Waals surface area contributed by atoms with E-state index in [1.807, 2.05) is 0 Å². The fourth-order valence-corrected chi connectivity index (χ4v) is 4.91. The predicted octanol–water partition coefficient (Wildman–Crippen LogP) is 8.27. The second-order valence-electron chi connectivity index (χ2n) is 9.20. The summed E-state index contributed by atoms with van der Waals surface area (Å²) in [4.78, 5) is 0. The molecule has 1 aliphatic carbocycles. The zero-order valence-corrected chi connectivity index (χ0v) is 18.6. The zero-order chi connectivity index (χ0) is 20.0. The van der Waals surface area contributed by atoms with Crippen molar-refractivity contribution in [3.63, 3.8) is 0 Å². The molecule has 1 atom stereocenters. The Hall–Kier alpha value is -1.29. The maximum absolute atomic E-state index is 9.77. The Morgan fingerprint density at radius 3 is 2.07 bits per heavy atom. The van der Waals surface area contributed by atoms with Crippen LogP contribution in [0.15, 0.2) is 24.3 Å². The summed E-state index contributed by atoms with van der Waals surface area (Å²) in [6.45, 7) is 4.56. The van der Waals surface area contributed by atoms with Crippen molar-refractivity contribution in [2.45, 2.75) is 110 Å². The van der Waals surface area contributed by atoms with Gasteiger partial charge in [0.2, 0.25) is 0 Å². The summed E-state index contributed by atoms with van der Waals surface area (Å²) in [6.07, 6.45) is 19.6. The molecule has 0 N–H and O–H groups in total. The molecular weight excluding hydrogens is 338 g/mol. The molecule has 0 aromatic heterocycles. The van der Waals surface area contributed by atoms with Gasteiger partial charge in [-0.3, -0.25) is 0 Å². The lowest BCUT2D eigenvalue weighted by Gasteiger charge is -2.31. The van der Waals surface area contributed by atoms with Gasteiger partial charge in [0.05, 0.1) is 12.0 Å². The third kappa shape index (κ3) is 8.38. The molecule has 0 bridgehead atoms. The second kappa shape index (κ2) is 13.8. The average Bonchev–Trinajstić information content (AvgIpc) is 2.74. The van der Waals surface area contributed by atoms with Crippen molar-refractivity contribution in [1.29, 1.82) is 5.26 Å². The van der Waals surface area contributed by atoms with Crippen LogP contribution in [0.4, 0.5) is 0 Å². The van der Waals surface area contributed by atoms with E-state index in [-0.39, 0.29) is 5.92 Å². The molecule has 0 aliphatic heterocycles. The van der Waals surface area contributed by atoms with Gasteiger partial charge in [-0.25, -0.2) is 0 Å². The van der Waals surface area contributed by atoms with E-state index in [4.69, 9.17) is 0 Å². The average molecular weight is 382 g/mol. The minimum Gasteiger partial charge on any atom is -0.198 e. The summed E-state index contributed by atoms with van der Waals surface area (Å²) in [5.41, 5.74) is 2.81. The Bertz CT molecular complexity index is 545. The summed E-state index contributed by atoms with van der Waals surface area (Å²) < 4.78 is 0. The van der Waals surface area contributed by atoms with Gasteiger partial charge in [0.1, 0.15) is 0 Å². The van der Waals surface area contributed by atoms with E-state index in [1.165, 1.54) is 101 Å². The van der Waals surface area contributed by atoms with Gasteiger partial charge in [-0.05, 0) is 55.1 Å². The van der Waals surface area contributed by atoms with Gasteiger partial charge in [0, 0.05) is 0 Å². The van der Waals surface area contributed by atoms with Crippen molar-refractivity contribution in [2.75, 3.05) is 0 Å². The molecule has 156 valence electrons. The molecule has 0 spiro atoms. The van der Waals surface area contributed by atoms with E-state index < -0.39 is 0 Å². The van der Waals surface area contributed by atoms with E-state index in [0.29, 0.717) is 5.92 Å². The minimum atomic E-state index is 0.205. The predicted molar refractivity (Wildman–Crippen MR) is 121 cm³/mol. The number of nitrogens with zero attached hydrogens (tertiary/aromatic N) is 1. The van der Waals surface area contributed by atoms with Gasteiger partial charge in [-0.1, -0.05) is 102 Å². The second-order valence-corrected chi connectivity index (χ2v) is 9.20. The van der Waals surface area contributed by atoms with Crippen LogP contribution in [-0.2, 0) is 12.8 Å². The number of rotatable bonds is 13. The first-order valence-electron chi connectivity index (χ1n) is 12.2. The van der Waals surface area contributed by atoms with Crippen LogP contribution in [0.3, 0.4) is 0 Å². The summed E-state index contributed by atoms with van der Waals surface area (Å²) in [5.74, 6) is 1.75. The van der Waals surface area contributed by atoms with Crippen molar-refractivity contribution >= 4 is 0 Å². The van der Waals surface area contributed by atoms with E-state index in [0.717, 1.165) is 12.3 Å². The van der Waals surface area contributed by atoms with Crippen molar-refractivity contribution in [1.82, 2.24) is 0 Å². The molecule has 0 heterocycles. The Kier molecular flexibility index (Phi) is 11.3. The van der Waals surface area contributed by atoms with E-state index in [2.05, 4.69) is 44.2 Å². The smallest absolute Gasteiger partial charge is 0.0662 e. The highest BCUT2D eigenvalue weighted by Gasteiger charge is 2.27. The molecule has 1 nitrogen and oxygen atoms in total. The highest BCUT2D eigenvalue weighted by Crippen LogP contribution is 2.36. The molecule has 1 aromatic carbocycles. The number of benzene rings is 1. The van der Waals surface area contributed by atoms with Crippen LogP contribution < -0.4 is 0 Å². The number of aryl methyl sites for hydroxylation is 1. The molecular formula is C27H43N. The fourth-order valence-electron chi connectivity index (χ4n) is 4.91. The molecule has 2 rings (SSSR count). The maximum atomic E-state index is 9.77. The van der Waals surface area contributed by atoms with E-state index in [1.54, 1.807) is 0 Å². The largest absolute Gasteiger partial charge is 0.198 e. The first-order chi connectivity index (χ1) is 13.8. The van der Waals surface area contributed by atoms with Crippen molar-refractivity contribution in [3.8, 4) is 6.07 Å². The van der Waals surface area contributed by atoms with Crippen LogP contribution in [0.2, 0.25) is 0 Å². The summed E-state index contributed by atoms with van der Waals surface area (Å²) in [7, 11) is 0. The molecule has 1 fully saturated rings. The molecule has 1 aromatic rings. The third-order valence-corrected chi connectivity index (χ3v) is 6.89. The lowest BCUT2D eigenvalue weighted by atomic mass is 9.73. The SMILES string of the molecule is CCCCCCCc1ccc(CC(C#N)[C@H]2CC[C@H](CCCCC)CC2)cc1. The maximum Gasteiger partial charge on any atom is 0.0662 e. The van der Waals surface area contributed by atoms with Gasteiger partial charge in [0.25, 0.3) is 0 Å². The summed E-state index contributed by atoms with van der Waals surface area (Å²) in [6, 6.07) is 11.8. The minimum absolute atomic E-state index is 0.205. The van der Waals surface area contributed by atoms with Crippen LogP contribution in [0.5, 0.6) is 0 Å². The lowest BCUT2D eigenvalue weighted by Crippen LogP contribution is -2.22. The summed E-state index contributed by atoms with van der Waals surface area (Å²) >= 11 is 0. The molecule has 0 saturated heterocycles. The molecule has 1 saturated carbocycles. The summed E-state index contributed by atoms with van der Waals surface area (Å²) in [5, 5.41) is 9.77. The standard InChI is InChI=1S/C27H43N/c1-3-5-7-8-10-12-23-13-15-25(16-14-23)21-27(22-28)26-19-17-24(18-20-26)11-9-6-4-2/h13-16,24,26-27H,3-12,17-21H2,1-2H3/t24-,26-,27?. The van der Waals surface area contributed by atoms with Gasteiger partial charge < -0.3 is 0 Å². The van der Waals surface area contributed by atoms with Crippen LogP contribution >= 0.6 is 0 Å². The van der Waals surface area contributed by atoms with Crippen LogP contribution in [0, 0.1) is 29.1 Å². The Balaban J connectivity index is 1.73. The quantitative estimate of drug-likeness (QED) is 0.315. The van der Waals surface area contributed by atoms with Gasteiger partial charge in [-0.2, -0.15) is 5.26 Å². The monoisotopic (exact) mass is 381 g/mol. The van der Waals surface area contributed by atoms with E-state index >= 15 is 0 Å². The first kappa shape index (κ1) is 23.0. The van der Waals surface area contributed by atoms with Crippen molar-refractivity contribution in [2.24, 2.45) is 17.8 Å². The molecule has 28 heavy (non-hydrogen) atoms. The number of nitriles is 1. The van der Waals surface area contributed by atoms with Crippen molar-refractivity contribution < 1.29 is 0 Å². The normalized spacial score (nSPS) is 20.6. The fraction of sp³-hybridized carbons (Fsp3) is 0.741. The van der Waals surface area contributed by atoms with Gasteiger partial charge >= 0.3 is 0 Å². The van der Waals surface area contributed by atoms with Crippen molar-refractivity contribution in [3.05, 3.63) is 35.4 Å². The molecule has 1 aliphatic rings. The lowest BCUT2D eigenvalue weighted by molar-refractivity contribution is 0.221. The van der Waals surface area contributed by atoms with Crippen LogP contribution in [0.1, 0.15) is 108 Å². The van der Waals surface area contributed by atoms with E-state index in [9.17, 15) is 5.26 Å².